The fourth-order valence-electron chi connectivity index (χ4n) is 4.46. The number of ether oxygens (including phenoxy) is 1. The van der Waals surface area contributed by atoms with Crippen LogP contribution in [-0.2, 0) is 14.8 Å². The van der Waals surface area contributed by atoms with Crippen LogP contribution in [0.25, 0.3) is 0 Å². The van der Waals surface area contributed by atoms with E-state index in [2.05, 4.69) is 0 Å². The molecule has 1 aromatic carbocycles. The number of hydrogen-bond acceptors (Lipinski definition) is 4. The molecule has 3 aliphatic rings. The Balaban J connectivity index is 1.66. The van der Waals surface area contributed by atoms with Crippen molar-refractivity contribution in [2.24, 2.45) is 11.8 Å². The Morgan fingerprint density at radius 1 is 1.48 bits per heavy atom. The number of fused-ring (bicyclic) bond motifs is 1. The Morgan fingerprint density at radius 3 is 2.96 bits per heavy atom. The van der Waals surface area contributed by atoms with Crippen molar-refractivity contribution in [3.63, 3.8) is 0 Å². The first kappa shape index (κ1) is 15.8. The van der Waals surface area contributed by atoms with Crippen molar-refractivity contribution < 1.29 is 18.3 Å². The second-order valence-corrected chi connectivity index (χ2v) is 9.27. The maximum atomic E-state index is 12.9. The van der Waals surface area contributed by atoms with Crippen LogP contribution in [0.5, 0.6) is 0 Å². The van der Waals surface area contributed by atoms with Gasteiger partial charge in [0, 0.05) is 36.6 Å². The van der Waals surface area contributed by atoms with Gasteiger partial charge in [-0.15, -0.1) is 0 Å². The molecule has 0 aromatic heterocycles. The van der Waals surface area contributed by atoms with Crippen molar-refractivity contribution >= 4 is 21.6 Å². The monoisotopic (exact) mass is 357 g/mol. The van der Waals surface area contributed by atoms with E-state index >= 15 is 0 Å². The third-order valence-electron chi connectivity index (χ3n) is 5.74. The maximum Gasteiger partial charge on any atom is 0.243 e. The molecule has 3 fully saturated rings. The van der Waals surface area contributed by atoms with Crippen LogP contribution in [0, 0.1) is 18.8 Å². The van der Waals surface area contributed by atoms with E-state index in [1.807, 2.05) is 6.92 Å². The van der Waals surface area contributed by atoms with Gasteiger partial charge in [-0.1, -0.05) is 17.7 Å². The maximum absolute atomic E-state index is 12.9. The van der Waals surface area contributed by atoms with Crippen LogP contribution in [0.15, 0.2) is 23.1 Å². The number of halogens is 1. The van der Waals surface area contributed by atoms with Gasteiger partial charge in [0.05, 0.1) is 16.6 Å². The summed E-state index contributed by atoms with van der Waals surface area (Å²) in [6.45, 7) is 2.69. The number of sulfonamides is 1. The second kappa shape index (κ2) is 5.17. The zero-order valence-corrected chi connectivity index (χ0v) is 14.5. The van der Waals surface area contributed by atoms with E-state index in [1.165, 1.54) is 10.4 Å². The summed E-state index contributed by atoms with van der Waals surface area (Å²) in [7, 11) is -3.59. The van der Waals surface area contributed by atoms with Gasteiger partial charge in [0.2, 0.25) is 10.0 Å². The van der Waals surface area contributed by atoms with Crippen molar-refractivity contribution in [1.82, 2.24) is 4.31 Å². The van der Waals surface area contributed by atoms with Crippen LogP contribution in [0.3, 0.4) is 0 Å². The molecule has 23 heavy (non-hydrogen) atoms. The second-order valence-electron chi connectivity index (χ2n) is 6.92. The lowest BCUT2D eigenvalue weighted by molar-refractivity contribution is 0.00644. The lowest BCUT2D eigenvalue weighted by Gasteiger charge is -2.27. The lowest BCUT2D eigenvalue weighted by atomic mass is 9.74. The molecule has 0 unspecified atom stereocenters. The number of nitrogens with zero attached hydrogens (tertiary/aromatic N) is 1. The molecule has 0 radical (unpaired) electrons. The van der Waals surface area contributed by atoms with E-state index in [9.17, 15) is 13.5 Å². The number of hydrogen-bond donors (Lipinski definition) is 1. The van der Waals surface area contributed by atoms with E-state index in [1.54, 1.807) is 12.1 Å². The van der Waals surface area contributed by atoms with Gasteiger partial charge in [-0.3, -0.25) is 0 Å². The molecule has 3 heterocycles. The van der Waals surface area contributed by atoms with Crippen molar-refractivity contribution in [2.75, 3.05) is 19.7 Å². The largest absolute Gasteiger partial charge is 0.396 e. The number of rotatable bonds is 3. The predicted octanol–water partition coefficient (Wildman–Crippen LogP) is 1.81. The molecule has 0 amide bonds. The summed E-state index contributed by atoms with van der Waals surface area (Å²) in [6.07, 6.45) is 1.87. The zero-order valence-electron chi connectivity index (χ0n) is 12.9. The van der Waals surface area contributed by atoms with E-state index in [0.29, 0.717) is 18.1 Å². The minimum absolute atomic E-state index is 0.0468. The fourth-order valence-corrected chi connectivity index (χ4v) is 6.25. The van der Waals surface area contributed by atoms with E-state index in [0.717, 1.165) is 18.4 Å². The van der Waals surface area contributed by atoms with E-state index < -0.39 is 15.6 Å². The highest BCUT2D eigenvalue weighted by molar-refractivity contribution is 7.89. The highest BCUT2D eigenvalue weighted by atomic mass is 35.5. The Labute approximate surface area is 141 Å². The lowest BCUT2D eigenvalue weighted by Crippen LogP contribution is -2.38. The molecular formula is C16H20ClNO4S. The first-order valence-electron chi connectivity index (χ1n) is 7.92. The molecule has 1 N–H and O–H groups in total. The average Bonchev–Trinajstić information content (AvgIpc) is 3.17. The summed E-state index contributed by atoms with van der Waals surface area (Å²) in [5, 5.41) is 10.1. The standard InChI is InChI=1S/C16H20ClNO4S/c1-10-2-3-11(6-14(10)17)23(20,21)18-7-13-12(8-19)15-4-5-16(13,9-18)22-15/h2-3,6,12-13,15,19H,4-5,7-9H2,1H3/t12-,13+,15+,16+/m0/s1. The smallest absolute Gasteiger partial charge is 0.243 e. The van der Waals surface area contributed by atoms with Crippen LogP contribution in [0.4, 0.5) is 0 Å². The van der Waals surface area contributed by atoms with Gasteiger partial charge >= 0.3 is 0 Å². The fraction of sp³-hybridized carbons (Fsp3) is 0.625. The third kappa shape index (κ3) is 2.19. The molecule has 4 atom stereocenters. The Bertz CT molecular complexity index is 752. The molecule has 1 aromatic rings. The van der Waals surface area contributed by atoms with Crippen molar-refractivity contribution in [3.8, 4) is 0 Å². The molecule has 3 aliphatic heterocycles. The van der Waals surface area contributed by atoms with Crippen molar-refractivity contribution in [2.45, 2.75) is 36.4 Å². The zero-order chi connectivity index (χ0) is 16.4. The molecule has 4 rings (SSSR count). The van der Waals surface area contributed by atoms with Gasteiger partial charge in [-0.2, -0.15) is 4.31 Å². The van der Waals surface area contributed by atoms with Gasteiger partial charge in [-0.05, 0) is 37.5 Å². The molecular weight excluding hydrogens is 338 g/mol. The summed E-state index contributed by atoms with van der Waals surface area (Å²) in [5.74, 6) is 0.132. The molecule has 2 bridgehead atoms. The Kier molecular flexibility index (Phi) is 3.56. The number of benzene rings is 1. The normalized spacial score (nSPS) is 36.6. The quantitative estimate of drug-likeness (QED) is 0.895. The molecule has 0 aliphatic carbocycles. The Hall–Kier alpha value is -0.660. The topological polar surface area (TPSA) is 66.8 Å². The summed E-state index contributed by atoms with van der Waals surface area (Å²) < 4.78 is 33.5. The molecule has 3 saturated heterocycles. The van der Waals surface area contributed by atoms with Crippen LogP contribution < -0.4 is 0 Å². The number of aliphatic hydroxyl groups is 1. The third-order valence-corrected chi connectivity index (χ3v) is 7.96. The van der Waals surface area contributed by atoms with Crippen molar-refractivity contribution in [3.05, 3.63) is 28.8 Å². The summed E-state index contributed by atoms with van der Waals surface area (Å²) in [4.78, 5) is 0.222. The molecule has 5 nitrogen and oxygen atoms in total. The van der Waals surface area contributed by atoms with Gasteiger partial charge in [0.1, 0.15) is 0 Å². The summed E-state index contributed by atoms with van der Waals surface area (Å²) in [5.41, 5.74) is 0.449. The molecule has 0 saturated carbocycles. The predicted molar refractivity (Wildman–Crippen MR) is 85.9 cm³/mol. The summed E-state index contributed by atoms with van der Waals surface area (Å²) >= 11 is 6.09. The highest BCUT2D eigenvalue weighted by Gasteiger charge is 2.64. The highest BCUT2D eigenvalue weighted by Crippen LogP contribution is 2.55. The summed E-state index contributed by atoms with van der Waals surface area (Å²) in [6, 6.07) is 4.84. The molecule has 1 spiro atoms. The minimum Gasteiger partial charge on any atom is -0.396 e. The average molecular weight is 358 g/mol. The van der Waals surface area contributed by atoms with Crippen LogP contribution >= 0.6 is 11.6 Å². The van der Waals surface area contributed by atoms with Gasteiger partial charge < -0.3 is 9.84 Å². The first-order chi connectivity index (χ1) is 10.9. The minimum atomic E-state index is -3.59. The van der Waals surface area contributed by atoms with Gasteiger partial charge in [0.25, 0.3) is 0 Å². The van der Waals surface area contributed by atoms with Gasteiger partial charge in [-0.25, -0.2) is 8.42 Å². The number of aliphatic hydroxyl groups excluding tert-OH is 1. The van der Waals surface area contributed by atoms with Crippen LogP contribution in [-0.4, -0.2) is 49.2 Å². The number of aryl methyl sites for hydroxylation is 1. The molecule has 126 valence electrons. The Morgan fingerprint density at radius 2 is 2.26 bits per heavy atom. The van der Waals surface area contributed by atoms with E-state index in [-0.39, 0.29) is 29.4 Å². The van der Waals surface area contributed by atoms with Crippen LogP contribution in [0.2, 0.25) is 5.02 Å². The van der Waals surface area contributed by atoms with Gasteiger partial charge in [0.15, 0.2) is 0 Å². The first-order valence-corrected chi connectivity index (χ1v) is 9.74. The van der Waals surface area contributed by atoms with Crippen molar-refractivity contribution in [1.29, 1.82) is 0 Å². The van der Waals surface area contributed by atoms with E-state index in [4.69, 9.17) is 16.3 Å². The van der Waals surface area contributed by atoms with Crippen LogP contribution in [0.1, 0.15) is 18.4 Å². The SMILES string of the molecule is Cc1ccc(S(=O)(=O)N2C[C@@H]3[C@H](CO)[C@H]4CC[C@]3(C2)O4)cc1Cl. The molecule has 7 heteroatoms.